The number of halogens is 5. The molecule has 0 unspecified atom stereocenters. The van der Waals surface area contributed by atoms with Crippen LogP contribution in [0.3, 0.4) is 0 Å². The Bertz CT molecular complexity index is 1320. The molecule has 0 radical (unpaired) electrons. The average molecular weight is 427 g/mol. The van der Waals surface area contributed by atoms with Crippen LogP contribution in [0, 0.1) is 0 Å². The molecular weight excluding hydrogens is 417 g/mol. The van der Waals surface area contributed by atoms with E-state index in [0.29, 0.717) is 4.52 Å². The van der Waals surface area contributed by atoms with E-state index in [4.69, 9.17) is 4.74 Å². The highest BCUT2D eigenvalue weighted by atomic mass is 19.4. The van der Waals surface area contributed by atoms with Crippen molar-refractivity contribution in [3.8, 4) is 22.9 Å². The lowest BCUT2D eigenvalue weighted by Gasteiger charge is -2.11. The number of hydrogen-bond acceptors (Lipinski definition) is 6. The summed E-state index contributed by atoms with van der Waals surface area (Å²) in [4.78, 5) is 23.0. The van der Waals surface area contributed by atoms with E-state index in [1.54, 1.807) is 0 Å². The zero-order valence-electron chi connectivity index (χ0n) is 14.9. The summed E-state index contributed by atoms with van der Waals surface area (Å²) in [5, 5.41) is 3.68. The van der Waals surface area contributed by atoms with Gasteiger partial charge < -0.3 is 14.5 Å². The number of hydrogen-bond donors (Lipinski definition) is 1. The number of fused-ring (bicyclic) bond motifs is 2. The molecule has 0 amide bonds. The number of rotatable bonds is 4. The molecule has 13 heteroatoms. The largest absolute Gasteiger partial charge is 0.493 e. The van der Waals surface area contributed by atoms with Crippen molar-refractivity contribution in [1.82, 2.24) is 24.6 Å². The van der Waals surface area contributed by atoms with Crippen molar-refractivity contribution in [3.63, 3.8) is 0 Å². The van der Waals surface area contributed by atoms with Gasteiger partial charge in [0.05, 0.1) is 29.8 Å². The molecule has 4 aromatic rings. The maximum atomic E-state index is 13.2. The molecule has 8 nitrogen and oxygen atoms in total. The summed E-state index contributed by atoms with van der Waals surface area (Å²) < 4.78 is 74.7. The van der Waals surface area contributed by atoms with Crippen LogP contribution in [0.5, 0.6) is 11.5 Å². The fourth-order valence-electron chi connectivity index (χ4n) is 2.90. The van der Waals surface area contributed by atoms with E-state index in [1.165, 1.54) is 13.2 Å². The Labute approximate surface area is 162 Å². The van der Waals surface area contributed by atoms with Gasteiger partial charge in [-0.15, -0.1) is 0 Å². The molecule has 0 fully saturated rings. The second-order valence-corrected chi connectivity index (χ2v) is 5.93. The quantitative estimate of drug-likeness (QED) is 0.503. The summed E-state index contributed by atoms with van der Waals surface area (Å²) in [7, 11) is 1.21. The minimum Gasteiger partial charge on any atom is -0.493 e. The second-order valence-electron chi connectivity index (χ2n) is 5.93. The van der Waals surface area contributed by atoms with Crippen LogP contribution in [0.1, 0.15) is 5.69 Å². The zero-order chi connectivity index (χ0) is 21.6. The fourth-order valence-corrected chi connectivity index (χ4v) is 2.90. The minimum atomic E-state index is -4.69. The molecule has 0 atom stereocenters. The number of ether oxygens (including phenoxy) is 2. The van der Waals surface area contributed by atoms with Crippen molar-refractivity contribution in [2.75, 3.05) is 7.11 Å². The molecule has 0 aliphatic heterocycles. The van der Waals surface area contributed by atoms with Gasteiger partial charge in [-0.2, -0.15) is 27.1 Å². The third-order valence-corrected chi connectivity index (χ3v) is 4.15. The van der Waals surface area contributed by atoms with Crippen molar-refractivity contribution < 1.29 is 31.4 Å². The van der Waals surface area contributed by atoms with Gasteiger partial charge in [-0.25, -0.2) is 14.5 Å². The maximum absolute atomic E-state index is 13.2. The van der Waals surface area contributed by atoms with Gasteiger partial charge >= 0.3 is 12.8 Å². The van der Waals surface area contributed by atoms with Crippen LogP contribution in [-0.2, 0) is 6.18 Å². The highest BCUT2D eigenvalue weighted by Crippen LogP contribution is 2.33. The first-order chi connectivity index (χ1) is 14.2. The Morgan fingerprint density at radius 2 is 1.97 bits per heavy atom. The smallest absolute Gasteiger partial charge is 0.433 e. The predicted molar refractivity (Wildman–Crippen MR) is 92.5 cm³/mol. The number of H-pyrrole nitrogens is 1. The van der Waals surface area contributed by atoms with E-state index in [-0.39, 0.29) is 39.4 Å². The number of benzene rings is 1. The van der Waals surface area contributed by atoms with Crippen LogP contribution in [0.15, 0.2) is 35.4 Å². The molecule has 156 valence electrons. The van der Waals surface area contributed by atoms with Crippen LogP contribution < -0.4 is 15.0 Å². The van der Waals surface area contributed by atoms with Crippen LogP contribution in [-0.4, -0.2) is 38.3 Å². The lowest BCUT2D eigenvalue weighted by atomic mass is 10.2. The summed E-state index contributed by atoms with van der Waals surface area (Å²) in [5.74, 6) is -0.626. The molecule has 0 saturated carbocycles. The van der Waals surface area contributed by atoms with Gasteiger partial charge in [0.25, 0.3) is 5.56 Å². The SMILES string of the molecule is COc1cc2c(=O)[nH]c(-c3cnn4c(C(F)(F)F)ccnc34)nc2cc1OC(F)F. The third-order valence-electron chi connectivity index (χ3n) is 4.15. The van der Waals surface area contributed by atoms with Crippen LogP contribution >= 0.6 is 0 Å². The summed E-state index contributed by atoms with van der Waals surface area (Å²) in [6.07, 6.45) is -2.68. The Morgan fingerprint density at radius 3 is 2.63 bits per heavy atom. The van der Waals surface area contributed by atoms with E-state index in [9.17, 15) is 26.7 Å². The van der Waals surface area contributed by atoms with Gasteiger partial charge in [0, 0.05) is 12.3 Å². The minimum absolute atomic E-state index is 0.00219. The number of nitrogens with zero attached hydrogens (tertiary/aromatic N) is 4. The first kappa shape index (κ1) is 19.5. The van der Waals surface area contributed by atoms with Gasteiger partial charge in [-0.3, -0.25) is 4.79 Å². The molecule has 0 aliphatic carbocycles. The van der Waals surface area contributed by atoms with Crippen molar-refractivity contribution in [3.05, 3.63) is 46.6 Å². The van der Waals surface area contributed by atoms with Crippen LogP contribution in [0.2, 0.25) is 0 Å². The molecule has 4 rings (SSSR count). The number of nitrogens with one attached hydrogen (secondary N) is 1. The van der Waals surface area contributed by atoms with E-state index in [1.807, 2.05) is 0 Å². The summed E-state index contributed by atoms with van der Waals surface area (Å²) in [5.41, 5.74) is -1.99. The summed E-state index contributed by atoms with van der Waals surface area (Å²) in [6.45, 7) is -3.15. The molecule has 0 aliphatic rings. The number of alkyl halides is 5. The monoisotopic (exact) mass is 427 g/mol. The highest BCUT2D eigenvalue weighted by molar-refractivity contribution is 5.84. The lowest BCUT2D eigenvalue weighted by Crippen LogP contribution is -2.13. The molecule has 0 bridgehead atoms. The standard InChI is InChI=1S/C17H10F5N5O3/c1-29-10-4-7-9(5-11(10)30-16(18)19)25-13(26-15(7)28)8-6-24-27-12(17(20,21)22)2-3-23-14(8)27/h2-6,16H,1H3,(H,25,26,28). The number of methoxy groups -OCH3 is 1. The lowest BCUT2D eigenvalue weighted by molar-refractivity contribution is -0.142. The Hall–Kier alpha value is -3.77. The van der Waals surface area contributed by atoms with Gasteiger partial charge in [0.2, 0.25) is 0 Å². The first-order valence-electron chi connectivity index (χ1n) is 8.16. The van der Waals surface area contributed by atoms with Crippen molar-refractivity contribution in [2.24, 2.45) is 0 Å². The Kier molecular flexibility index (Phi) is 4.51. The van der Waals surface area contributed by atoms with Crippen molar-refractivity contribution in [1.29, 1.82) is 0 Å². The topological polar surface area (TPSA) is 94.4 Å². The molecular formula is C17H10F5N5O3. The van der Waals surface area contributed by atoms with Crippen molar-refractivity contribution >= 4 is 16.6 Å². The maximum Gasteiger partial charge on any atom is 0.433 e. The van der Waals surface area contributed by atoms with E-state index in [2.05, 4.69) is 24.8 Å². The second kappa shape index (κ2) is 6.93. The summed E-state index contributed by atoms with van der Waals surface area (Å²) in [6, 6.07) is 2.98. The van der Waals surface area contributed by atoms with Crippen LogP contribution in [0.25, 0.3) is 27.9 Å². The van der Waals surface area contributed by atoms with Gasteiger partial charge in [0.15, 0.2) is 17.1 Å². The van der Waals surface area contributed by atoms with E-state index >= 15 is 0 Å². The van der Waals surface area contributed by atoms with Gasteiger partial charge in [-0.05, 0) is 12.1 Å². The van der Waals surface area contributed by atoms with E-state index < -0.39 is 24.0 Å². The van der Waals surface area contributed by atoms with Gasteiger partial charge in [0.1, 0.15) is 11.5 Å². The molecule has 30 heavy (non-hydrogen) atoms. The fraction of sp³-hybridized carbons (Fsp3) is 0.176. The molecule has 3 aromatic heterocycles. The molecule has 1 aromatic carbocycles. The van der Waals surface area contributed by atoms with E-state index in [0.717, 1.165) is 24.5 Å². The summed E-state index contributed by atoms with van der Waals surface area (Å²) >= 11 is 0. The highest BCUT2D eigenvalue weighted by Gasteiger charge is 2.34. The molecule has 3 heterocycles. The average Bonchev–Trinajstić information content (AvgIpc) is 3.10. The molecule has 1 N–H and O–H groups in total. The Balaban J connectivity index is 1.93. The molecule has 0 saturated heterocycles. The predicted octanol–water partition coefficient (Wildman–Crippen LogP) is 3.26. The zero-order valence-corrected chi connectivity index (χ0v) is 14.9. The number of aromatic nitrogens is 5. The number of aromatic amines is 1. The Morgan fingerprint density at radius 1 is 1.20 bits per heavy atom. The van der Waals surface area contributed by atoms with Crippen molar-refractivity contribution in [2.45, 2.75) is 12.8 Å². The van der Waals surface area contributed by atoms with Gasteiger partial charge in [-0.1, -0.05) is 0 Å². The normalized spacial score (nSPS) is 12.1. The molecule has 0 spiro atoms. The van der Waals surface area contributed by atoms with Crippen LogP contribution in [0.4, 0.5) is 22.0 Å². The third kappa shape index (κ3) is 3.27. The first-order valence-corrected chi connectivity index (χ1v) is 8.16.